The Kier molecular flexibility index (Phi) is 4.73. The van der Waals surface area contributed by atoms with Gasteiger partial charge in [-0.2, -0.15) is 0 Å². The molecule has 2 aliphatic carbocycles. The van der Waals surface area contributed by atoms with Crippen LogP contribution in [0.1, 0.15) is 31.2 Å². The average Bonchev–Trinajstić information content (AvgIpc) is 3.52. The van der Waals surface area contributed by atoms with Crippen molar-refractivity contribution in [2.24, 2.45) is 22.7 Å². The molecule has 0 atom stereocenters. The van der Waals surface area contributed by atoms with Gasteiger partial charge in [-0.25, -0.2) is 0 Å². The number of hydrogen-bond acceptors (Lipinski definition) is 3. The topological polar surface area (TPSA) is 46.1 Å². The lowest BCUT2D eigenvalue weighted by molar-refractivity contribution is 0.171. The molecule has 5 heteroatoms. The first kappa shape index (κ1) is 16.6. The third-order valence-electron chi connectivity index (χ3n) is 5.55. The number of aliphatic imine (C=N–C) groups is 1. The summed E-state index contributed by atoms with van der Waals surface area (Å²) in [6.45, 7) is 3.12. The standard InChI is InChI=1S/C20H29N3O2/c1-21-20(22-12-17(15-4-5-15)16-6-7-16)23(2)13-14-3-8-18-19(11-14)25-10-9-24-18/h3,8,11,15-17H,4-7,9-10,12-13H2,1-2H3,(H,21,22). The Morgan fingerprint density at radius 3 is 2.48 bits per heavy atom. The second-order valence-electron chi connectivity index (χ2n) is 7.60. The number of hydrogen-bond donors (Lipinski definition) is 1. The van der Waals surface area contributed by atoms with E-state index < -0.39 is 0 Å². The van der Waals surface area contributed by atoms with Crippen molar-refractivity contribution in [3.8, 4) is 11.5 Å². The van der Waals surface area contributed by atoms with Crippen LogP contribution in [-0.2, 0) is 6.54 Å². The molecule has 1 N–H and O–H groups in total. The average molecular weight is 343 g/mol. The van der Waals surface area contributed by atoms with Gasteiger partial charge in [-0.15, -0.1) is 0 Å². The van der Waals surface area contributed by atoms with E-state index in [1.165, 1.54) is 31.2 Å². The van der Waals surface area contributed by atoms with E-state index in [4.69, 9.17) is 9.47 Å². The molecule has 3 aliphatic rings. The molecule has 1 aromatic carbocycles. The van der Waals surface area contributed by atoms with Crippen molar-refractivity contribution in [3.63, 3.8) is 0 Å². The Morgan fingerprint density at radius 1 is 1.16 bits per heavy atom. The molecule has 0 amide bonds. The fourth-order valence-corrected chi connectivity index (χ4v) is 3.90. The molecule has 25 heavy (non-hydrogen) atoms. The highest BCUT2D eigenvalue weighted by atomic mass is 16.6. The number of benzene rings is 1. The number of fused-ring (bicyclic) bond motifs is 1. The zero-order chi connectivity index (χ0) is 17.2. The van der Waals surface area contributed by atoms with Gasteiger partial charge in [-0.1, -0.05) is 6.07 Å². The van der Waals surface area contributed by atoms with Gasteiger partial charge in [-0.3, -0.25) is 4.99 Å². The molecule has 4 rings (SSSR count). The van der Waals surface area contributed by atoms with Crippen molar-refractivity contribution in [1.29, 1.82) is 0 Å². The summed E-state index contributed by atoms with van der Waals surface area (Å²) in [4.78, 5) is 6.66. The highest BCUT2D eigenvalue weighted by Crippen LogP contribution is 2.48. The fourth-order valence-electron chi connectivity index (χ4n) is 3.90. The Hall–Kier alpha value is -1.91. The molecular weight excluding hydrogens is 314 g/mol. The minimum atomic E-state index is 0.624. The van der Waals surface area contributed by atoms with E-state index in [0.29, 0.717) is 13.2 Å². The van der Waals surface area contributed by atoms with Gasteiger partial charge in [0.25, 0.3) is 0 Å². The van der Waals surface area contributed by atoms with Gasteiger partial charge in [0.05, 0.1) is 0 Å². The van der Waals surface area contributed by atoms with Gasteiger partial charge in [0.2, 0.25) is 0 Å². The molecule has 0 unspecified atom stereocenters. The first-order chi connectivity index (χ1) is 12.2. The van der Waals surface area contributed by atoms with Crippen LogP contribution < -0.4 is 14.8 Å². The molecule has 1 aliphatic heterocycles. The van der Waals surface area contributed by atoms with Crippen molar-refractivity contribution < 1.29 is 9.47 Å². The van der Waals surface area contributed by atoms with Crippen molar-refractivity contribution in [2.45, 2.75) is 32.2 Å². The zero-order valence-corrected chi connectivity index (χ0v) is 15.3. The Morgan fingerprint density at radius 2 is 1.84 bits per heavy atom. The molecule has 2 saturated carbocycles. The van der Waals surface area contributed by atoms with Crippen LogP contribution in [0, 0.1) is 17.8 Å². The number of rotatable bonds is 6. The molecule has 0 spiro atoms. The second kappa shape index (κ2) is 7.14. The minimum Gasteiger partial charge on any atom is -0.486 e. The summed E-state index contributed by atoms with van der Waals surface area (Å²) >= 11 is 0. The molecule has 0 aromatic heterocycles. The quantitative estimate of drug-likeness (QED) is 0.637. The van der Waals surface area contributed by atoms with Crippen LogP contribution in [0.3, 0.4) is 0 Å². The van der Waals surface area contributed by atoms with Gasteiger partial charge >= 0.3 is 0 Å². The maximum absolute atomic E-state index is 5.69. The Balaban J connectivity index is 1.34. The van der Waals surface area contributed by atoms with Crippen LogP contribution >= 0.6 is 0 Å². The van der Waals surface area contributed by atoms with Gasteiger partial charge in [-0.05, 0) is 61.1 Å². The summed E-state index contributed by atoms with van der Waals surface area (Å²) in [6.07, 6.45) is 5.70. The van der Waals surface area contributed by atoms with Gasteiger partial charge < -0.3 is 19.7 Å². The lowest BCUT2D eigenvalue weighted by Gasteiger charge is -2.25. The third kappa shape index (κ3) is 4.02. The van der Waals surface area contributed by atoms with Crippen LogP contribution in [-0.4, -0.2) is 44.7 Å². The highest BCUT2D eigenvalue weighted by molar-refractivity contribution is 5.79. The summed E-state index contributed by atoms with van der Waals surface area (Å²) in [5.74, 6) is 5.43. The van der Waals surface area contributed by atoms with E-state index in [1.54, 1.807) is 0 Å². The Bertz CT molecular complexity index is 626. The van der Waals surface area contributed by atoms with E-state index in [2.05, 4.69) is 34.4 Å². The van der Waals surface area contributed by atoms with Crippen molar-refractivity contribution in [1.82, 2.24) is 10.2 Å². The van der Waals surface area contributed by atoms with E-state index >= 15 is 0 Å². The Labute approximate surface area is 150 Å². The molecule has 0 saturated heterocycles. The second-order valence-corrected chi connectivity index (χ2v) is 7.60. The summed E-state index contributed by atoms with van der Waals surface area (Å²) in [5, 5.41) is 3.61. The van der Waals surface area contributed by atoms with Crippen LogP contribution in [0.15, 0.2) is 23.2 Å². The largest absolute Gasteiger partial charge is 0.486 e. The SMILES string of the molecule is CN=C(NCC(C1CC1)C1CC1)N(C)Cc1ccc2c(c1)OCCO2. The first-order valence-electron chi connectivity index (χ1n) is 9.55. The van der Waals surface area contributed by atoms with Crippen LogP contribution in [0.4, 0.5) is 0 Å². The van der Waals surface area contributed by atoms with Crippen molar-refractivity contribution >= 4 is 5.96 Å². The first-order valence-corrected chi connectivity index (χ1v) is 9.55. The van der Waals surface area contributed by atoms with Gasteiger partial charge in [0, 0.05) is 27.2 Å². The summed E-state index contributed by atoms with van der Waals surface area (Å²) in [7, 11) is 3.96. The third-order valence-corrected chi connectivity index (χ3v) is 5.55. The maximum atomic E-state index is 5.69. The normalized spacial score (nSPS) is 19.9. The van der Waals surface area contributed by atoms with E-state index in [1.807, 2.05) is 13.1 Å². The molecule has 2 fully saturated rings. The summed E-state index contributed by atoms with van der Waals surface area (Å²) in [6, 6.07) is 6.19. The minimum absolute atomic E-state index is 0.624. The van der Waals surface area contributed by atoms with Gasteiger partial charge in [0.15, 0.2) is 17.5 Å². The lowest BCUT2D eigenvalue weighted by Crippen LogP contribution is -2.41. The predicted molar refractivity (Wildman–Crippen MR) is 99.2 cm³/mol. The molecule has 0 bridgehead atoms. The van der Waals surface area contributed by atoms with E-state index in [-0.39, 0.29) is 0 Å². The number of guanidine groups is 1. The summed E-state index contributed by atoms with van der Waals surface area (Å²) in [5.41, 5.74) is 1.20. The fraction of sp³-hybridized carbons (Fsp3) is 0.650. The number of nitrogens with one attached hydrogen (secondary N) is 1. The van der Waals surface area contributed by atoms with E-state index in [0.717, 1.165) is 48.3 Å². The smallest absolute Gasteiger partial charge is 0.193 e. The number of ether oxygens (including phenoxy) is 2. The highest BCUT2D eigenvalue weighted by Gasteiger charge is 2.41. The van der Waals surface area contributed by atoms with Crippen LogP contribution in [0.2, 0.25) is 0 Å². The molecule has 5 nitrogen and oxygen atoms in total. The predicted octanol–water partition coefficient (Wildman–Crippen LogP) is 2.90. The maximum Gasteiger partial charge on any atom is 0.193 e. The molecule has 0 radical (unpaired) electrons. The molecule has 1 heterocycles. The monoisotopic (exact) mass is 343 g/mol. The summed E-state index contributed by atoms with van der Waals surface area (Å²) < 4.78 is 11.3. The molecular formula is C20H29N3O2. The van der Waals surface area contributed by atoms with Crippen molar-refractivity contribution in [3.05, 3.63) is 23.8 Å². The van der Waals surface area contributed by atoms with Crippen molar-refractivity contribution in [2.75, 3.05) is 33.9 Å². The van der Waals surface area contributed by atoms with Gasteiger partial charge in [0.1, 0.15) is 13.2 Å². The van der Waals surface area contributed by atoms with Crippen LogP contribution in [0.5, 0.6) is 11.5 Å². The molecule has 1 aromatic rings. The molecule has 136 valence electrons. The zero-order valence-electron chi connectivity index (χ0n) is 15.3. The number of nitrogens with zero attached hydrogens (tertiary/aromatic N) is 2. The van der Waals surface area contributed by atoms with E-state index in [9.17, 15) is 0 Å². The lowest BCUT2D eigenvalue weighted by atomic mass is 9.98. The van der Waals surface area contributed by atoms with Crippen LogP contribution in [0.25, 0.3) is 0 Å².